The number of halogens is 1. The van der Waals surface area contributed by atoms with Crippen molar-refractivity contribution in [2.45, 2.75) is 31.3 Å². The predicted molar refractivity (Wildman–Crippen MR) is 63.7 cm³/mol. The summed E-state index contributed by atoms with van der Waals surface area (Å²) in [5, 5.41) is 14.1. The Kier molecular flexibility index (Phi) is 2.72. The Morgan fingerprint density at radius 1 is 1.41 bits per heavy atom. The first kappa shape index (κ1) is 10.9. The van der Waals surface area contributed by atoms with Gasteiger partial charge in [-0.1, -0.05) is 11.6 Å². The molecule has 0 aromatic carbocycles. The quantitative estimate of drug-likeness (QED) is 0.830. The fraction of sp³-hybridized carbons (Fsp3) is 0.545. The monoisotopic (exact) mass is 252 g/mol. The number of carbonyl (C=O) groups is 1. The van der Waals surface area contributed by atoms with E-state index in [1.165, 1.54) is 6.42 Å². The molecule has 1 amide bonds. The third-order valence-electron chi connectivity index (χ3n) is 3.52. The van der Waals surface area contributed by atoms with Crippen molar-refractivity contribution in [3.05, 3.63) is 17.3 Å². The summed E-state index contributed by atoms with van der Waals surface area (Å²) in [7, 11) is 0. The minimum atomic E-state index is 0.0290. The molecule has 1 aromatic rings. The highest BCUT2D eigenvalue weighted by Crippen LogP contribution is 2.33. The minimum absolute atomic E-state index is 0.0290. The fourth-order valence-electron chi connectivity index (χ4n) is 2.72. The van der Waals surface area contributed by atoms with E-state index < -0.39 is 0 Å². The standard InChI is InChI=1S/C11H13ClN4O/c12-9-3-4-10(16-15-9)14-11(17)7-5-6-1-2-8(7)13-6/h3-4,6-8,13H,1-2,5H2,(H,14,16,17). The van der Waals surface area contributed by atoms with Crippen molar-refractivity contribution in [2.24, 2.45) is 5.92 Å². The van der Waals surface area contributed by atoms with Gasteiger partial charge < -0.3 is 10.6 Å². The van der Waals surface area contributed by atoms with E-state index in [1.807, 2.05) is 0 Å². The molecule has 2 saturated heterocycles. The number of amides is 1. The van der Waals surface area contributed by atoms with Crippen molar-refractivity contribution in [1.29, 1.82) is 0 Å². The van der Waals surface area contributed by atoms with E-state index in [2.05, 4.69) is 20.8 Å². The van der Waals surface area contributed by atoms with E-state index in [0.717, 1.165) is 12.8 Å². The molecule has 0 spiro atoms. The number of fused-ring (bicyclic) bond motifs is 2. The van der Waals surface area contributed by atoms with Crippen LogP contribution in [0, 0.1) is 5.92 Å². The van der Waals surface area contributed by atoms with E-state index >= 15 is 0 Å². The second-order valence-electron chi connectivity index (χ2n) is 4.62. The van der Waals surface area contributed by atoms with Crippen LogP contribution in [0.15, 0.2) is 12.1 Å². The van der Waals surface area contributed by atoms with Gasteiger partial charge in [0.25, 0.3) is 0 Å². The first-order valence-corrected chi connectivity index (χ1v) is 6.16. The van der Waals surface area contributed by atoms with Gasteiger partial charge in [0, 0.05) is 12.1 Å². The van der Waals surface area contributed by atoms with E-state index in [4.69, 9.17) is 11.6 Å². The van der Waals surface area contributed by atoms with Gasteiger partial charge in [-0.05, 0) is 31.4 Å². The fourth-order valence-corrected chi connectivity index (χ4v) is 2.82. The van der Waals surface area contributed by atoms with Crippen LogP contribution in [-0.4, -0.2) is 28.2 Å². The highest BCUT2D eigenvalue weighted by Gasteiger charge is 2.42. The van der Waals surface area contributed by atoms with Crippen LogP contribution in [0.1, 0.15) is 19.3 Å². The van der Waals surface area contributed by atoms with E-state index in [-0.39, 0.29) is 11.8 Å². The molecule has 3 atom stereocenters. The highest BCUT2D eigenvalue weighted by molar-refractivity contribution is 6.29. The van der Waals surface area contributed by atoms with Crippen molar-refractivity contribution in [2.75, 3.05) is 5.32 Å². The van der Waals surface area contributed by atoms with Crippen LogP contribution in [0.25, 0.3) is 0 Å². The number of carbonyl (C=O) groups excluding carboxylic acids is 1. The summed E-state index contributed by atoms with van der Waals surface area (Å²) in [5.41, 5.74) is 0. The summed E-state index contributed by atoms with van der Waals surface area (Å²) in [4.78, 5) is 12.0. The molecule has 17 heavy (non-hydrogen) atoms. The zero-order valence-electron chi connectivity index (χ0n) is 9.19. The van der Waals surface area contributed by atoms with Crippen molar-refractivity contribution >= 4 is 23.3 Å². The number of nitrogens with zero attached hydrogens (tertiary/aromatic N) is 2. The summed E-state index contributed by atoms with van der Waals surface area (Å²) >= 11 is 5.63. The van der Waals surface area contributed by atoms with Gasteiger partial charge in [0.1, 0.15) is 0 Å². The Morgan fingerprint density at radius 2 is 2.29 bits per heavy atom. The Labute approximate surface area is 104 Å². The maximum Gasteiger partial charge on any atom is 0.230 e. The molecular formula is C11H13ClN4O. The number of rotatable bonds is 2. The lowest BCUT2D eigenvalue weighted by molar-refractivity contribution is -0.120. The Balaban J connectivity index is 1.65. The maximum atomic E-state index is 12.0. The average molecular weight is 253 g/mol. The van der Waals surface area contributed by atoms with Crippen molar-refractivity contribution < 1.29 is 4.79 Å². The number of nitrogens with one attached hydrogen (secondary N) is 2. The van der Waals surface area contributed by atoms with Gasteiger partial charge in [-0.3, -0.25) is 4.79 Å². The molecule has 2 bridgehead atoms. The average Bonchev–Trinajstić information content (AvgIpc) is 2.94. The molecule has 3 unspecified atom stereocenters. The molecule has 2 aliphatic heterocycles. The largest absolute Gasteiger partial charge is 0.310 e. The Hall–Kier alpha value is -1.20. The number of hydrogen-bond donors (Lipinski definition) is 2. The zero-order chi connectivity index (χ0) is 11.8. The predicted octanol–water partition coefficient (Wildman–Crippen LogP) is 1.21. The van der Waals surface area contributed by atoms with Gasteiger partial charge in [-0.25, -0.2) is 0 Å². The van der Waals surface area contributed by atoms with Crippen molar-refractivity contribution in [3.8, 4) is 0 Å². The molecule has 0 saturated carbocycles. The second-order valence-corrected chi connectivity index (χ2v) is 5.01. The first-order valence-electron chi connectivity index (χ1n) is 5.78. The van der Waals surface area contributed by atoms with Gasteiger partial charge in [0.15, 0.2) is 11.0 Å². The Morgan fingerprint density at radius 3 is 2.88 bits per heavy atom. The van der Waals surface area contributed by atoms with Crippen LogP contribution in [0.5, 0.6) is 0 Å². The molecule has 3 rings (SSSR count). The molecule has 0 radical (unpaired) electrons. The zero-order valence-corrected chi connectivity index (χ0v) is 9.94. The first-order chi connectivity index (χ1) is 8.22. The molecule has 0 aliphatic carbocycles. The van der Waals surface area contributed by atoms with Crippen LogP contribution >= 0.6 is 11.6 Å². The van der Waals surface area contributed by atoms with E-state index in [0.29, 0.717) is 23.1 Å². The normalized spacial score (nSPS) is 30.5. The molecule has 90 valence electrons. The maximum absolute atomic E-state index is 12.0. The van der Waals surface area contributed by atoms with Gasteiger partial charge in [-0.2, -0.15) is 0 Å². The van der Waals surface area contributed by atoms with Gasteiger partial charge in [-0.15, -0.1) is 10.2 Å². The summed E-state index contributed by atoms with van der Waals surface area (Å²) < 4.78 is 0. The smallest absolute Gasteiger partial charge is 0.230 e. The molecule has 6 heteroatoms. The molecular weight excluding hydrogens is 240 g/mol. The lowest BCUT2D eigenvalue weighted by Gasteiger charge is -2.18. The van der Waals surface area contributed by atoms with Gasteiger partial charge >= 0.3 is 0 Å². The molecule has 2 fully saturated rings. The van der Waals surface area contributed by atoms with E-state index in [9.17, 15) is 4.79 Å². The summed E-state index contributed by atoms with van der Waals surface area (Å²) in [6, 6.07) is 4.13. The van der Waals surface area contributed by atoms with Crippen LogP contribution in [0.3, 0.4) is 0 Å². The van der Waals surface area contributed by atoms with Crippen LogP contribution in [0.2, 0.25) is 5.15 Å². The lowest BCUT2D eigenvalue weighted by atomic mass is 9.88. The lowest BCUT2D eigenvalue weighted by Crippen LogP contribution is -2.33. The summed E-state index contributed by atoms with van der Waals surface area (Å²) in [6.07, 6.45) is 3.21. The highest BCUT2D eigenvalue weighted by atomic mass is 35.5. The van der Waals surface area contributed by atoms with Crippen molar-refractivity contribution in [3.63, 3.8) is 0 Å². The minimum Gasteiger partial charge on any atom is -0.310 e. The molecule has 5 nitrogen and oxygen atoms in total. The van der Waals surface area contributed by atoms with E-state index in [1.54, 1.807) is 12.1 Å². The van der Waals surface area contributed by atoms with Crippen LogP contribution < -0.4 is 10.6 Å². The SMILES string of the molecule is O=C(Nc1ccc(Cl)nn1)C1CC2CCC1N2. The molecule has 2 aliphatic rings. The third kappa shape index (κ3) is 2.12. The number of aromatic nitrogens is 2. The third-order valence-corrected chi connectivity index (χ3v) is 3.72. The number of hydrogen-bond acceptors (Lipinski definition) is 4. The number of anilines is 1. The Bertz CT molecular complexity index is 436. The molecule has 3 heterocycles. The van der Waals surface area contributed by atoms with Gasteiger partial charge in [0.05, 0.1) is 5.92 Å². The topological polar surface area (TPSA) is 66.9 Å². The van der Waals surface area contributed by atoms with Crippen LogP contribution in [0.4, 0.5) is 5.82 Å². The van der Waals surface area contributed by atoms with Crippen molar-refractivity contribution in [1.82, 2.24) is 15.5 Å². The molecule has 1 aromatic heterocycles. The van der Waals surface area contributed by atoms with Gasteiger partial charge in [0.2, 0.25) is 5.91 Å². The summed E-state index contributed by atoms with van der Waals surface area (Å²) in [5.74, 6) is 0.551. The summed E-state index contributed by atoms with van der Waals surface area (Å²) in [6.45, 7) is 0. The molecule has 2 N–H and O–H groups in total. The van der Waals surface area contributed by atoms with Crippen LogP contribution in [-0.2, 0) is 4.79 Å². The second kappa shape index (κ2) is 4.23.